The maximum absolute atomic E-state index is 12.6. The molecule has 4 N–H and O–H groups in total. The summed E-state index contributed by atoms with van der Waals surface area (Å²) in [6, 6.07) is 5.57. The van der Waals surface area contributed by atoms with E-state index in [-0.39, 0.29) is 24.6 Å². The highest BCUT2D eigenvalue weighted by molar-refractivity contribution is 5.97. The van der Waals surface area contributed by atoms with Crippen LogP contribution in [0.25, 0.3) is 10.9 Å². The fourth-order valence-electron chi connectivity index (χ4n) is 3.91. The summed E-state index contributed by atoms with van der Waals surface area (Å²) in [5, 5.41) is 27.2. The van der Waals surface area contributed by atoms with Crippen LogP contribution in [0.4, 0.5) is 5.95 Å². The van der Waals surface area contributed by atoms with Crippen LogP contribution in [0.2, 0.25) is 0 Å². The molecule has 0 spiro atoms. The summed E-state index contributed by atoms with van der Waals surface area (Å²) in [7, 11) is 0. The van der Waals surface area contributed by atoms with E-state index < -0.39 is 5.60 Å². The molecule has 2 aliphatic rings. The lowest BCUT2D eigenvalue weighted by Gasteiger charge is -2.32. The summed E-state index contributed by atoms with van der Waals surface area (Å²) in [6.45, 7) is 1.22. The Morgan fingerprint density at radius 1 is 1.21 bits per heavy atom. The number of ether oxygens (including phenoxy) is 1. The molecule has 8 heteroatoms. The van der Waals surface area contributed by atoms with Gasteiger partial charge in [0.15, 0.2) is 0 Å². The predicted molar refractivity (Wildman–Crippen MR) is 109 cm³/mol. The number of nitrogens with one attached hydrogen (secondary N) is 2. The Balaban J connectivity index is 1.42. The van der Waals surface area contributed by atoms with Crippen LogP contribution in [-0.2, 0) is 4.74 Å². The number of rotatable bonds is 5. The highest BCUT2D eigenvalue weighted by Gasteiger charge is 2.30. The van der Waals surface area contributed by atoms with E-state index in [1.807, 2.05) is 6.07 Å². The predicted octanol–water partition coefficient (Wildman–Crippen LogP) is 1.62. The highest BCUT2D eigenvalue weighted by Crippen LogP contribution is 2.22. The molecule has 0 unspecified atom stereocenters. The first-order chi connectivity index (χ1) is 14.0. The normalized spacial score (nSPS) is 24.2. The van der Waals surface area contributed by atoms with E-state index in [0.717, 1.165) is 31.1 Å². The lowest BCUT2D eigenvalue weighted by molar-refractivity contribution is -0.0605. The van der Waals surface area contributed by atoms with Gasteiger partial charge in [-0.05, 0) is 37.8 Å². The lowest BCUT2D eigenvalue weighted by Crippen LogP contribution is -2.46. The fourth-order valence-corrected chi connectivity index (χ4v) is 3.91. The molecule has 0 bridgehead atoms. The molecule has 1 saturated carbocycles. The van der Waals surface area contributed by atoms with Gasteiger partial charge in [-0.2, -0.15) is 0 Å². The molecule has 8 nitrogen and oxygen atoms in total. The second-order valence-electron chi connectivity index (χ2n) is 8.14. The number of aromatic nitrogens is 2. The number of anilines is 1. The number of carbonyl (C=O) groups is 1. The molecule has 29 heavy (non-hydrogen) atoms. The summed E-state index contributed by atoms with van der Waals surface area (Å²) in [5.74, 6) is 0.300. The van der Waals surface area contributed by atoms with Gasteiger partial charge in [-0.15, -0.1) is 0 Å². The molecule has 4 rings (SSSR count). The number of aliphatic hydroxyl groups excluding tert-OH is 1. The van der Waals surface area contributed by atoms with Crippen LogP contribution in [-0.4, -0.2) is 63.6 Å². The monoisotopic (exact) mass is 400 g/mol. The number of carbonyl (C=O) groups excluding carboxylic acids is 1. The Labute approximate surface area is 169 Å². The van der Waals surface area contributed by atoms with Gasteiger partial charge >= 0.3 is 0 Å². The number of hydrogen-bond acceptors (Lipinski definition) is 7. The van der Waals surface area contributed by atoms with E-state index in [1.54, 1.807) is 18.3 Å². The van der Waals surface area contributed by atoms with Crippen molar-refractivity contribution in [3.63, 3.8) is 0 Å². The topological polar surface area (TPSA) is 117 Å². The van der Waals surface area contributed by atoms with E-state index in [0.29, 0.717) is 43.1 Å². The third kappa shape index (κ3) is 5.01. The maximum Gasteiger partial charge on any atom is 0.251 e. The zero-order valence-electron chi connectivity index (χ0n) is 16.4. The van der Waals surface area contributed by atoms with E-state index in [1.165, 1.54) is 0 Å². The average Bonchev–Trinajstić information content (AvgIpc) is 2.74. The minimum absolute atomic E-state index is 0.203. The van der Waals surface area contributed by atoms with Gasteiger partial charge in [0.1, 0.15) is 0 Å². The first-order valence-corrected chi connectivity index (χ1v) is 10.3. The van der Waals surface area contributed by atoms with Crippen LogP contribution in [0.5, 0.6) is 0 Å². The van der Waals surface area contributed by atoms with Crippen molar-refractivity contribution < 1.29 is 19.7 Å². The number of fused-ring (bicyclic) bond motifs is 1. The molecule has 156 valence electrons. The van der Waals surface area contributed by atoms with Crippen LogP contribution >= 0.6 is 0 Å². The van der Waals surface area contributed by atoms with Crippen molar-refractivity contribution in [1.29, 1.82) is 0 Å². The van der Waals surface area contributed by atoms with Crippen molar-refractivity contribution in [1.82, 2.24) is 15.3 Å². The molecule has 1 aliphatic heterocycles. The second kappa shape index (κ2) is 8.61. The average molecular weight is 400 g/mol. The molecule has 1 saturated heterocycles. The first kappa shape index (κ1) is 20.0. The van der Waals surface area contributed by atoms with Gasteiger partial charge in [0.05, 0.1) is 17.2 Å². The van der Waals surface area contributed by atoms with Gasteiger partial charge in [0.2, 0.25) is 5.95 Å². The smallest absolute Gasteiger partial charge is 0.251 e. The van der Waals surface area contributed by atoms with Crippen molar-refractivity contribution in [3.05, 3.63) is 30.0 Å². The van der Waals surface area contributed by atoms with Crippen LogP contribution in [0.3, 0.4) is 0 Å². The van der Waals surface area contributed by atoms with E-state index in [2.05, 4.69) is 20.6 Å². The van der Waals surface area contributed by atoms with Gasteiger partial charge in [-0.3, -0.25) is 4.79 Å². The van der Waals surface area contributed by atoms with Gasteiger partial charge in [0.25, 0.3) is 5.91 Å². The Kier molecular flexibility index (Phi) is 5.94. The second-order valence-corrected chi connectivity index (χ2v) is 8.14. The standard InChI is InChI=1S/C21H28N4O4/c26-17-5-3-16(4-6-17)24-20-22-12-15-2-1-14(11-18(15)25-20)19(27)23-13-21(28)7-9-29-10-8-21/h1-2,11-12,16-17,26,28H,3-10,13H2,(H,23,27)(H,22,24,25)/t16-,17-. The molecular formula is C21H28N4O4. The number of hydrogen-bond donors (Lipinski definition) is 4. The lowest BCUT2D eigenvalue weighted by atomic mass is 9.93. The summed E-state index contributed by atoms with van der Waals surface area (Å²) in [6.07, 6.45) is 5.93. The Hall–Kier alpha value is -2.29. The Morgan fingerprint density at radius 2 is 1.97 bits per heavy atom. The number of benzene rings is 1. The molecule has 1 aromatic carbocycles. The van der Waals surface area contributed by atoms with Gasteiger partial charge in [-0.1, -0.05) is 6.07 Å². The number of aliphatic hydroxyl groups is 2. The van der Waals surface area contributed by atoms with Crippen molar-refractivity contribution in [2.24, 2.45) is 0 Å². The maximum atomic E-state index is 12.6. The van der Waals surface area contributed by atoms with Crippen LogP contribution in [0, 0.1) is 0 Å². The number of amides is 1. The zero-order chi connectivity index (χ0) is 20.3. The fraction of sp³-hybridized carbons (Fsp3) is 0.571. The molecule has 2 fully saturated rings. The van der Waals surface area contributed by atoms with Crippen LogP contribution in [0.1, 0.15) is 48.9 Å². The first-order valence-electron chi connectivity index (χ1n) is 10.3. The van der Waals surface area contributed by atoms with Gasteiger partial charge in [0, 0.05) is 55.8 Å². The summed E-state index contributed by atoms with van der Waals surface area (Å²) < 4.78 is 5.27. The summed E-state index contributed by atoms with van der Waals surface area (Å²) >= 11 is 0. The third-order valence-corrected chi connectivity index (χ3v) is 5.88. The number of nitrogens with zero attached hydrogens (tertiary/aromatic N) is 2. The molecule has 0 radical (unpaired) electrons. The Bertz CT molecular complexity index is 861. The molecule has 1 aromatic heterocycles. The van der Waals surface area contributed by atoms with Crippen molar-refractivity contribution in [2.75, 3.05) is 25.1 Å². The summed E-state index contributed by atoms with van der Waals surface area (Å²) in [4.78, 5) is 21.5. The molecular weight excluding hydrogens is 372 g/mol. The van der Waals surface area contributed by atoms with Crippen LogP contribution < -0.4 is 10.6 Å². The van der Waals surface area contributed by atoms with E-state index in [4.69, 9.17) is 4.74 Å². The van der Waals surface area contributed by atoms with E-state index in [9.17, 15) is 15.0 Å². The Morgan fingerprint density at radius 3 is 2.72 bits per heavy atom. The quantitative estimate of drug-likeness (QED) is 0.602. The van der Waals surface area contributed by atoms with Crippen molar-refractivity contribution in [3.8, 4) is 0 Å². The van der Waals surface area contributed by atoms with Crippen molar-refractivity contribution >= 4 is 22.8 Å². The zero-order valence-corrected chi connectivity index (χ0v) is 16.4. The largest absolute Gasteiger partial charge is 0.393 e. The minimum atomic E-state index is -0.905. The minimum Gasteiger partial charge on any atom is -0.393 e. The molecule has 0 atom stereocenters. The summed E-state index contributed by atoms with van der Waals surface area (Å²) in [5.41, 5.74) is 0.284. The van der Waals surface area contributed by atoms with Crippen molar-refractivity contribution in [2.45, 2.75) is 56.3 Å². The van der Waals surface area contributed by atoms with E-state index >= 15 is 0 Å². The van der Waals surface area contributed by atoms with Gasteiger partial charge < -0.3 is 25.6 Å². The molecule has 2 aromatic rings. The third-order valence-electron chi connectivity index (χ3n) is 5.88. The highest BCUT2D eigenvalue weighted by atomic mass is 16.5. The van der Waals surface area contributed by atoms with Gasteiger partial charge in [-0.25, -0.2) is 9.97 Å². The van der Waals surface area contributed by atoms with Crippen LogP contribution in [0.15, 0.2) is 24.4 Å². The molecule has 1 amide bonds. The SMILES string of the molecule is O=C(NCC1(O)CCOCC1)c1ccc2cnc(N[C@H]3CC[C@H](O)CC3)nc2c1. The molecule has 1 aliphatic carbocycles. The molecule has 2 heterocycles.